The minimum atomic E-state index is -0.914. The van der Waals surface area contributed by atoms with Crippen LogP contribution in [0.1, 0.15) is 51.0 Å². The van der Waals surface area contributed by atoms with Crippen LogP contribution >= 0.6 is 0 Å². The van der Waals surface area contributed by atoms with Crippen molar-refractivity contribution < 1.29 is 15.0 Å². The van der Waals surface area contributed by atoms with Crippen molar-refractivity contribution in [2.75, 3.05) is 0 Å². The maximum atomic E-state index is 10.9. The van der Waals surface area contributed by atoms with Crippen molar-refractivity contribution in [2.24, 2.45) is 0 Å². The molecule has 150 valence electrons. The fourth-order valence-corrected chi connectivity index (χ4v) is 2.56. The summed E-state index contributed by atoms with van der Waals surface area (Å²) in [5, 5.41) is 19.6. The summed E-state index contributed by atoms with van der Waals surface area (Å²) in [4.78, 5) is 10.9. The fourth-order valence-electron chi connectivity index (χ4n) is 2.56. The zero-order valence-electron chi connectivity index (χ0n) is 16.8. The maximum Gasteiger partial charge on any atom is 0.129 e. The molecule has 0 spiro atoms. The van der Waals surface area contributed by atoms with Crippen molar-refractivity contribution in [3.8, 4) is 11.8 Å². The van der Waals surface area contributed by atoms with Crippen LogP contribution in [0.15, 0.2) is 66.8 Å². The number of hydrogen-bond donors (Lipinski definition) is 2. The van der Waals surface area contributed by atoms with E-state index in [1.807, 2.05) is 24.3 Å². The van der Waals surface area contributed by atoms with E-state index in [0.29, 0.717) is 19.3 Å². The lowest BCUT2D eigenvalue weighted by atomic mass is 10.1. The van der Waals surface area contributed by atoms with Gasteiger partial charge in [-0.15, -0.1) is 5.92 Å². The number of carbonyl (C=O) groups is 1. The van der Waals surface area contributed by atoms with Gasteiger partial charge >= 0.3 is 0 Å². The summed E-state index contributed by atoms with van der Waals surface area (Å²) in [6.45, 7) is 1.53. The van der Waals surface area contributed by atoms with E-state index in [1.54, 1.807) is 18.2 Å². The molecule has 0 radical (unpaired) electrons. The van der Waals surface area contributed by atoms with E-state index in [4.69, 9.17) is 0 Å². The van der Waals surface area contributed by atoms with E-state index in [9.17, 15) is 15.0 Å². The Morgan fingerprint density at radius 2 is 1.79 bits per heavy atom. The van der Waals surface area contributed by atoms with Crippen molar-refractivity contribution in [3.05, 3.63) is 72.4 Å². The Labute approximate surface area is 169 Å². The van der Waals surface area contributed by atoms with Crippen LogP contribution in [0.25, 0.3) is 0 Å². The molecule has 0 unspecified atom stereocenters. The van der Waals surface area contributed by atoms with Crippen LogP contribution in [0.4, 0.5) is 0 Å². The zero-order chi connectivity index (χ0) is 20.5. The van der Waals surface area contributed by atoms with Crippen molar-refractivity contribution >= 4 is 5.78 Å². The van der Waals surface area contributed by atoms with E-state index in [1.165, 1.54) is 12.5 Å². The molecule has 0 aliphatic rings. The first kappa shape index (κ1) is 23.6. The number of carbonyl (C=O) groups excluding carboxylic acids is 1. The van der Waals surface area contributed by atoms with Gasteiger partial charge in [-0.05, 0) is 38.2 Å². The van der Waals surface area contributed by atoms with Crippen LogP contribution in [0, 0.1) is 11.8 Å². The van der Waals surface area contributed by atoms with Crippen molar-refractivity contribution in [3.63, 3.8) is 0 Å². The summed E-state index contributed by atoms with van der Waals surface area (Å²) in [6.07, 6.45) is 14.3. The number of ketones is 1. The van der Waals surface area contributed by atoms with Gasteiger partial charge in [-0.1, -0.05) is 72.7 Å². The lowest BCUT2D eigenvalue weighted by molar-refractivity contribution is -0.117. The van der Waals surface area contributed by atoms with E-state index in [-0.39, 0.29) is 5.78 Å². The monoisotopic (exact) mass is 380 g/mol. The minimum absolute atomic E-state index is 0.101. The second-order valence-corrected chi connectivity index (χ2v) is 6.75. The van der Waals surface area contributed by atoms with Gasteiger partial charge in [0, 0.05) is 19.3 Å². The number of Topliss-reactive ketones (excluding diaryl/α,β-unsaturated/α-hetero) is 1. The number of allylic oxidation sites excluding steroid dienone is 5. The van der Waals surface area contributed by atoms with Crippen molar-refractivity contribution in [2.45, 2.75) is 64.1 Å². The Balaban J connectivity index is 2.12. The lowest BCUT2D eigenvalue weighted by Gasteiger charge is -2.13. The van der Waals surface area contributed by atoms with Gasteiger partial charge in [-0.2, -0.15) is 0 Å². The Bertz CT molecular complexity index is 689. The summed E-state index contributed by atoms with van der Waals surface area (Å²) in [6, 6.07) is 10.4. The number of benzene rings is 1. The van der Waals surface area contributed by atoms with Gasteiger partial charge < -0.3 is 15.0 Å². The summed E-state index contributed by atoms with van der Waals surface area (Å²) >= 11 is 0. The molecular weight excluding hydrogens is 348 g/mol. The number of rotatable bonds is 12. The molecule has 2 N–H and O–H groups in total. The number of unbranched alkanes of at least 4 members (excludes halogenated alkanes) is 1. The molecule has 0 aliphatic carbocycles. The average Bonchev–Trinajstić information content (AvgIpc) is 2.69. The first-order valence-electron chi connectivity index (χ1n) is 9.95. The first-order chi connectivity index (χ1) is 13.6. The molecule has 0 aromatic heterocycles. The Morgan fingerprint density at radius 3 is 2.54 bits per heavy atom. The first-order valence-corrected chi connectivity index (χ1v) is 9.95. The molecule has 3 nitrogen and oxygen atoms in total. The third-order valence-electron chi connectivity index (χ3n) is 4.16. The summed E-state index contributed by atoms with van der Waals surface area (Å²) < 4.78 is 0. The van der Waals surface area contributed by atoms with Gasteiger partial charge in [0.05, 0.1) is 12.2 Å². The van der Waals surface area contributed by atoms with E-state index < -0.39 is 12.2 Å². The summed E-state index contributed by atoms with van der Waals surface area (Å²) in [7, 11) is 0. The molecule has 1 rings (SSSR count). The highest BCUT2D eigenvalue weighted by Gasteiger charge is 2.12. The zero-order valence-corrected chi connectivity index (χ0v) is 16.8. The second-order valence-electron chi connectivity index (χ2n) is 6.75. The molecule has 0 bridgehead atoms. The van der Waals surface area contributed by atoms with Gasteiger partial charge in [-0.25, -0.2) is 0 Å². The molecule has 0 saturated carbocycles. The third kappa shape index (κ3) is 12.9. The molecule has 0 aliphatic heterocycles. The van der Waals surface area contributed by atoms with Crippen molar-refractivity contribution in [1.82, 2.24) is 0 Å². The molecule has 1 aromatic carbocycles. The van der Waals surface area contributed by atoms with Crippen molar-refractivity contribution in [1.29, 1.82) is 0 Å². The predicted octanol–water partition coefficient (Wildman–Crippen LogP) is 4.55. The quantitative estimate of drug-likeness (QED) is 0.318. The molecular formula is C25H32O3. The fraction of sp³-hybridized carbons (Fsp3) is 0.400. The Morgan fingerprint density at radius 1 is 1.04 bits per heavy atom. The van der Waals surface area contributed by atoms with Crippen LogP contribution in [-0.4, -0.2) is 28.2 Å². The largest absolute Gasteiger partial charge is 0.390 e. The smallest absolute Gasteiger partial charge is 0.129 e. The highest BCUT2D eigenvalue weighted by Crippen LogP contribution is 2.07. The SMILES string of the molecule is CC(=O)CCC[C@H](O)[C@H](O)/C=C/C=C/C=C\CC#CCCCc1ccccc1. The number of aliphatic hydroxyl groups excluding tert-OH is 2. The minimum Gasteiger partial charge on any atom is -0.390 e. The van der Waals surface area contributed by atoms with Crippen LogP contribution in [0.2, 0.25) is 0 Å². The summed E-state index contributed by atoms with van der Waals surface area (Å²) in [5.74, 6) is 6.43. The van der Waals surface area contributed by atoms with Crippen LogP contribution in [-0.2, 0) is 11.2 Å². The highest BCUT2D eigenvalue weighted by molar-refractivity contribution is 5.75. The molecule has 0 saturated heterocycles. The Hall–Kier alpha value is -2.41. The summed E-state index contributed by atoms with van der Waals surface area (Å²) in [5.41, 5.74) is 1.36. The van der Waals surface area contributed by atoms with E-state index >= 15 is 0 Å². The normalized spacial score (nSPS) is 13.7. The molecule has 0 heterocycles. The number of aryl methyl sites for hydroxylation is 1. The van der Waals surface area contributed by atoms with Gasteiger partial charge in [-0.3, -0.25) is 0 Å². The van der Waals surface area contributed by atoms with Crippen LogP contribution < -0.4 is 0 Å². The molecule has 28 heavy (non-hydrogen) atoms. The number of hydrogen-bond acceptors (Lipinski definition) is 3. The molecule has 1 aromatic rings. The number of aliphatic hydroxyl groups is 2. The molecule has 0 fully saturated rings. The van der Waals surface area contributed by atoms with Gasteiger partial charge in [0.2, 0.25) is 0 Å². The van der Waals surface area contributed by atoms with Gasteiger partial charge in [0.25, 0.3) is 0 Å². The van der Waals surface area contributed by atoms with Crippen LogP contribution in [0.3, 0.4) is 0 Å². The van der Waals surface area contributed by atoms with E-state index in [0.717, 1.165) is 25.7 Å². The predicted molar refractivity (Wildman–Crippen MR) is 116 cm³/mol. The highest BCUT2D eigenvalue weighted by atomic mass is 16.3. The lowest BCUT2D eigenvalue weighted by Crippen LogP contribution is -2.23. The molecule has 0 amide bonds. The van der Waals surface area contributed by atoms with E-state index in [2.05, 4.69) is 36.1 Å². The third-order valence-corrected chi connectivity index (χ3v) is 4.16. The van der Waals surface area contributed by atoms with Gasteiger partial charge in [0.1, 0.15) is 5.78 Å². The standard InChI is InChI=1S/C25H32O3/c1-22(26)16-15-21-25(28)24(27)20-14-9-7-5-3-2-4-6-8-11-17-23-18-12-10-13-19-23/h3,5,7,9-10,12-14,18-20,24-25,27-28H,2,8,11,15-17,21H2,1H3/b5-3-,9-7+,20-14+/t24-,25+/m1/s1. The average molecular weight is 381 g/mol. The maximum absolute atomic E-state index is 10.9. The Kier molecular flexibility index (Phi) is 13.2. The molecule has 2 atom stereocenters. The topological polar surface area (TPSA) is 57.5 Å². The van der Waals surface area contributed by atoms with Gasteiger partial charge in [0.15, 0.2) is 0 Å². The second kappa shape index (κ2) is 15.6. The molecule has 3 heteroatoms. The van der Waals surface area contributed by atoms with Crippen LogP contribution in [0.5, 0.6) is 0 Å².